The molecule has 0 bridgehead atoms. The van der Waals surface area contributed by atoms with Crippen LogP contribution in [0.25, 0.3) is 0 Å². The van der Waals surface area contributed by atoms with Crippen molar-refractivity contribution < 1.29 is 9.66 Å². The zero-order valence-electron chi connectivity index (χ0n) is 12.6. The summed E-state index contributed by atoms with van der Waals surface area (Å²) in [5.41, 5.74) is 1.60. The second kappa shape index (κ2) is 5.67. The van der Waals surface area contributed by atoms with E-state index in [1.807, 2.05) is 24.3 Å². The van der Waals surface area contributed by atoms with Gasteiger partial charge in [0.15, 0.2) is 0 Å². The van der Waals surface area contributed by atoms with Crippen LogP contribution in [0, 0.1) is 17.0 Å². The maximum absolute atomic E-state index is 11.2. The molecule has 1 atom stereocenters. The molecule has 1 aliphatic rings. The minimum Gasteiger partial charge on any atom is -0.493 e. The Balaban J connectivity index is 1.81. The number of hydrogen-bond acceptors (Lipinski definition) is 5. The van der Waals surface area contributed by atoms with E-state index in [2.05, 4.69) is 10.4 Å². The number of benzene rings is 1. The fraction of sp³-hybridized carbons (Fsp3) is 0.400. The summed E-state index contributed by atoms with van der Waals surface area (Å²) in [6.07, 6.45) is 0.884. The predicted octanol–water partition coefficient (Wildman–Crippen LogP) is 2.61. The molecule has 1 unspecified atom stereocenters. The van der Waals surface area contributed by atoms with Crippen LogP contribution in [0.3, 0.4) is 0 Å². The third-order valence-corrected chi connectivity index (χ3v) is 3.97. The second-order valence-electron chi connectivity index (χ2n) is 5.42. The molecule has 1 aliphatic heterocycles. The maximum atomic E-state index is 11.2. The Labute approximate surface area is 128 Å². The van der Waals surface area contributed by atoms with Gasteiger partial charge in [0.1, 0.15) is 11.4 Å². The number of hydrogen-bond donors (Lipinski definition) is 1. The van der Waals surface area contributed by atoms with Crippen molar-refractivity contribution in [1.82, 2.24) is 9.78 Å². The van der Waals surface area contributed by atoms with Crippen LogP contribution in [-0.4, -0.2) is 27.9 Å². The second-order valence-corrected chi connectivity index (χ2v) is 5.42. The average molecular weight is 302 g/mol. The lowest BCUT2D eigenvalue weighted by Crippen LogP contribution is -2.21. The number of aromatic nitrogens is 2. The van der Waals surface area contributed by atoms with Gasteiger partial charge in [-0.05, 0) is 25.0 Å². The van der Waals surface area contributed by atoms with Gasteiger partial charge in [-0.3, -0.25) is 10.1 Å². The highest BCUT2D eigenvalue weighted by Crippen LogP contribution is 2.34. The van der Waals surface area contributed by atoms with Gasteiger partial charge in [0, 0.05) is 19.5 Å². The van der Waals surface area contributed by atoms with Gasteiger partial charge in [-0.1, -0.05) is 18.2 Å². The van der Waals surface area contributed by atoms with Crippen LogP contribution in [0.5, 0.6) is 5.75 Å². The first-order valence-corrected chi connectivity index (χ1v) is 7.21. The minimum absolute atomic E-state index is 0.0443. The molecule has 0 amide bonds. The van der Waals surface area contributed by atoms with E-state index in [0.29, 0.717) is 24.7 Å². The molecule has 1 N–H and O–H groups in total. The minimum atomic E-state index is -0.386. The van der Waals surface area contributed by atoms with Crippen LogP contribution in [0.1, 0.15) is 23.6 Å². The molecule has 116 valence electrons. The van der Waals surface area contributed by atoms with Crippen molar-refractivity contribution in [3.05, 3.63) is 45.6 Å². The van der Waals surface area contributed by atoms with Crippen LogP contribution < -0.4 is 10.1 Å². The number of nitrogens with one attached hydrogen (secondary N) is 1. The van der Waals surface area contributed by atoms with Crippen molar-refractivity contribution in [3.63, 3.8) is 0 Å². The molecule has 0 radical (unpaired) electrons. The fourth-order valence-corrected chi connectivity index (χ4v) is 2.91. The van der Waals surface area contributed by atoms with Gasteiger partial charge < -0.3 is 10.1 Å². The molecule has 0 fully saturated rings. The Morgan fingerprint density at radius 1 is 1.50 bits per heavy atom. The quantitative estimate of drug-likeness (QED) is 0.693. The van der Waals surface area contributed by atoms with Gasteiger partial charge in [0.2, 0.25) is 5.82 Å². The first-order valence-electron chi connectivity index (χ1n) is 7.21. The van der Waals surface area contributed by atoms with Crippen LogP contribution in [-0.2, 0) is 7.05 Å². The molecule has 1 aromatic heterocycles. The first kappa shape index (κ1) is 14.4. The van der Waals surface area contributed by atoms with E-state index >= 15 is 0 Å². The highest BCUT2D eigenvalue weighted by molar-refractivity contribution is 5.59. The molecule has 22 heavy (non-hydrogen) atoms. The van der Waals surface area contributed by atoms with E-state index in [-0.39, 0.29) is 16.5 Å². The molecule has 0 saturated carbocycles. The largest absolute Gasteiger partial charge is 0.493 e. The highest BCUT2D eigenvalue weighted by atomic mass is 16.6. The number of fused-ring (bicyclic) bond motifs is 1. The normalized spacial score (nSPS) is 16.7. The van der Waals surface area contributed by atoms with Crippen molar-refractivity contribution in [3.8, 4) is 5.75 Å². The third-order valence-electron chi connectivity index (χ3n) is 3.97. The topological polar surface area (TPSA) is 82.2 Å². The maximum Gasteiger partial charge on any atom is 0.333 e. The molecule has 7 heteroatoms. The number of para-hydroxylation sites is 1. The number of anilines is 1. The summed E-state index contributed by atoms with van der Waals surface area (Å²) in [7, 11) is 1.71. The van der Waals surface area contributed by atoms with Crippen molar-refractivity contribution in [2.45, 2.75) is 19.3 Å². The van der Waals surface area contributed by atoms with E-state index in [9.17, 15) is 10.1 Å². The van der Waals surface area contributed by atoms with Crippen molar-refractivity contribution in [2.75, 3.05) is 18.5 Å². The Morgan fingerprint density at radius 3 is 3.05 bits per heavy atom. The highest BCUT2D eigenvalue weighted by Gasteiger charge is 2.26. The van der Waals surface area contributed by atoms with Gasteiger partial charge >= 0.3 is 5.69 Å². The summed E-state index contributed by atoms with van der Waals surface area (Å²) < 4.78 is 7.17. The number of aryl methyl sites for hydroxylation is 2. The van der Waals surface area contributed by atoms with Crippen molar-refractivity contribution in [1.29, 1.82) is 0 Å². The molecule has 0 aliphatic carbocycles. The standard InChI is InChI=1S/C15H18N4O3/c1-10-14(19(20)21)15(18(2)17-10)16-9-11-7-8-22-13-6-4-3-5-12(11)13/h3-6,11,16H,7-9H2,1-2H3. The van der Waals surface area contributed by atoms with Gasteiger partial charge in [0.25, 0.3) is 0 Å². The van der Waals surface area contributed by atoms with E-state index in [4.69, 9.17) is 4.74 Å². The van der Waals surface area contributed by atoms with Crippen molar-refractivity contribution >= 4 is 11.5 Å². The SMILES string of the molecule is Cc1nn(C)c(NCC2CCOc3ccccc32)c1[N+](=O)[O-]. The zero-order chi connectivity index (χ0) is 15.7. The molecule has 0 saturated heterocycles. The summed E-state index contributed by atoms with van der Waals surface area (Å²) in [4.78, 5) is 10.8. The van der Waals surface area contributed by atoms with E-state index in [0.717, 1.165) is 17.7 Å². The summed E-state index contributed by atoms with van der Waals surface area (Å²) >= 11 is 0. The molecule has 2 heterocycles. The molecule has 2 aromatic rings. The van der Waals surface area contributed by atoms with Crippen LogP contribution in [0.2, 0.25) is 0 Å². The lowest BCUT2D eigenvalue weighted by atomic mass is 9.93. The number of nitrogens with zero attached hydrogens (tertiary/aromatic N) is 3. The Bertz CT molecular complexity index is 711. The van der Waals surface area contributed by atoms with Crippen LogP contribution in [0.4, 0.5) is 11.5 Å². The molecular weight excluding hydrogens is 284 g/mol. The van der Waals surface area contributed by atoms with Crippen molar-refractivity contribution in [2.24, 2.45) is 7.05 Å². The lowest BCUT2D eigenvalue weighted by Gasteiger charge is -2.26. The van der Waals surface area contributed by atoms with E-state index in [1.165, 1.54) is 4.68 Å². The average Bonchev–Trinajstić information content (AvgIpc) is 2.79. The van der Waals surface area contributed by atoms with Gasteiger partial charge in [-0.15, -0.1) is 0 Å². The van der Waals surface area contributed by atoms with Gasteiger partial charge in [-0.25, -0.2) is 4.68 Å². The first-order chi connectivity index (χ1) is 10.6. The third kappa shape index (κ3) is 2.49. The number of rotatable bonds is 4. The Hall–Kier alpha value is -2.57. The molecular formula is C15H18N4O3. The fourth-order valence-electron chi connectivity index (χ4n) is 2.91. The molecule has 7 nitrogen and oxygen atoms in total. The Morgan fingerprint density at radius 2 is 2.27 bits per heavy atom. The predicted molar refractivity (Wildman–Crippen MR) is 82.4 cm³/mol. The van der Waals surface area contributed by atoms with Gasteiger partial charge in [0.05, 0.1) is 11.5 Å². The van der Waals surface area contributed by atoms with E-state index in [1.54, 1.807) is 14.0 Å². The lowest BCUT2D eigenvalue weighted by molar-refractivity contribution is -0.384. The summed E-state index contributed by atoms with van der Waals surface area (Å²) in [5.74, 6) is 1.61. The number of nitro groups is 1. The van der Waals surface area contributed by atoms with E-state index < -0.39 is 0 Å². The van der Waals surface area contributed by atoms with Crippen LogP contribution in [0.15, 0.2) is 24.3 Å². The molecule has 3 rings (SSSR count). The Kier molecular flexibility index (Phi) is 3.70. The summed E-state index contributed by atoms with van der Waals surface area (Å²) in [6, 6.07) is 7.93. The van der Waals surface area contributed by atoms with Gasteiger partial charge in [-0.2, -0.15) is 5.10 Å². The molecule has 1 aromatic carbocycles. The summed E-state index contributed by atoms with van der Waals surface area (Å²) in [6.45, 7) is 2.92. The zero-order valence-corrected chi connectivity index (χ0v) is 12.6. The molecule has 0 spiro atoms. The number of ether oxygens (including phenoxy) is 1. The monoisotopic (exact) mass is 302 g/mol. The summed E-state index contributed by atoms with van der Waals surface area (Å²) in [5, 5.41) is 18.5. The van der Waals surface area contributed by atoms with Crippen LogP contribution >= 0.6 is 0 Å². The smallest absolute Gasteiger partial charge is 0.333 e.